The lowest BCUT2D eigenvalue weighted by atomic mass is 9.90. The van der Waals surface area contributed by atoms with Gasteiger partial charge in [0.25, 0.3) is 0 Å². The third-order valence-electron chi connectivity index (χ3n) is 5.13. The highest BCUT2D eigenvalue weighted by Gasteiger charge is 2.46. The Hall–Kier alpha value is -2.39. The van der Waals surface area contributed by atoms with Crippen molar-refractivity contribution in [1.82, 2.24) is 9.80 Å². The number of benzene rings is 1. The molecule has 0 spiro atoms. The lowest BCUT2D eigenvalue weighted by molar-refractivity contribution is -0.188. The van der Waals surface area contributed by atoms with Crippen LogP contribution in [-0.4, -0.2) is 53.7 Å². The Balaban J connectivity index is 2.33. The Labute approximate surface area is 171 Å². The number of hydrogen-bond acceptors (Lipinski definition) is 3. The number of ether oxygens (including phenoxy) is 1. The van der Waals surface area contributed by atoms with E-state index in [0.29, 0.717) is 11.3 Å². The number of amides is 2. The van der Waals surface area contributed by atoms with E-state index in [4.69, 9.17) is 4.74 Å². The second kappa shape index (κ2) is 10.1. The lowest BCUT2D eigenvalue weighted by Gasteiger charge is -2.43. The highest BCUT2D eigenvalue weighted by atomic mass is 19.4. The van der Waals surface area contributed by atoms with Crippen LogP contribution in [0, 0.1) is 11.6 Å². The monoisotopic (exact) mass is 436 g/mol. The fraction of sp³-hybridized carbons (Fsp3) is 0.600. The highest BCUT2D eigenvalue weighted by molar-refractivity contribution is 5.82. The van der Waals surface area contributed by atoms with Crippen LogP contribution in [0.4, 0.5) is 26.7 Å². The first-order valence-electron chi connectivity index (χ1n) is 9.86. The summed E-state index contributed by atoms with van der Waals surface area (Å²) in [5.74, 6) is -3.53. The van der Waals surface area contributed by atoms with Gasteiger partial charge in [-0.25, -0.2) is 13.6 Å². The molecule has 1 aromatic rings. The third-order valence-corrected chi connectivity index (χ3v) is 5.13. The third kappa shape index (κ3) is 5.60. The first-order chi connectivity index (χ1) is 14.1. The molecule has 2 atom stereocenters. The van der Waals surface area contributed by atoms with Crippen molar-refractivity contribution in [3.63, 3.8) is 0 Å². The van der Waals surface area contributed by atoms with Crippen LogP contribution in [-0.2, 0) is 9.53 Å². The quantitative estimate of drug-likeness (QED) is 0.475. The van der Waals surface area contributed by atoms with Crippen molar-refractivity contribution in [2.45, 2.75) is 57.8 Å². The minimum absolute atomic E-state index is 0.0577. The fourth-order valence-corrected chi connectivity index (χ4v) is 3.63. The zero-order valence-corrected chi connectivity index (χ0v) is 16.8. The van der Waals surface area contributed by atoms with Crippen molar-refractivity contribution >= 4 is 12.0 Å². The molecule has 0 aliphatic carbocycles. The largest absolute Gasteiger partial charge is 0.471 e. The van der Waals surface area contributed by atoms with Gasteiger partial charge in [-0.05, 0) is 44.4 Å². The molecule has 0 radical (unpaired) electrons. The Morgan fingerprint density at radius 1 is 1.23 bits per heavy atom. The first-order valence-corrected chi connectivity index (χ1v) is 9.86. The topological polar surface area (TPSA) is 49.9 Å². The number of nitrogens with zero attached hydrogens (tertiary/aromatic N) is 2. The van der Waals surface area contributed by atoms with Gasteiger partial charge in [0.15, 0.2) is 0 Å². The molecule has 0 unspecified atom stereocenters. The number of carbonyl (C=O) groups is 2. The Morgan fingerprint density at radius 2 is 1.93 bits per heavy atom. The molecule has 1 fully saturated rings. The van der Waals surface area contributed by atoms with Crippen molar-refractivity contribution in [3.05, 3.63) is 35.4 Å². The van der Waals surface area contributed by atoms with Crippen molar-refractivity contribution < 1.29 is 36.3 Å². The van der Waals surface area contributed by atoms with Crippen LogP contribution in [0.5, 0.6) is 0 Å². The van der Waals surface area contributed by atoms with Gasteiger partial charge in [0.2, 0.25) is 0 Å². The molecular weight excluding hydrogens is 411 g/mol. The number of rotatable bonds is 6. The van der Waals surface area contributed by atoms with Gasteiger partial charge in [-0.1, -0.05) is 13.3 Å². The van der Waals surface area contributed by atoms with E-state index in [2.05, 4.69) is 0 Å². The summed E-state index contributed by atoms with van der Waals surface area (Å²) in [7, 11) is 0. The number of halogens is 5. The summed E-state index contributed by atoms with van der Waals surface area (Å²) in [6, 6.07) is 0.763. The van der Waals surface area contributed by atoms with Gasteiger partial charge in [-0.15, -0.1) is 0 Å². The van der Waals surface area contributed by atoms with Crippen LogP contribution in [0.2, 0.25) is 0 Å². The van der Waals surface area contributed by atoms with Crippen LogP contribution in [0.15, 0.2) is 18.2 Å². The van der Waals surface area contributed by atoms with E-state index >= 15 is 0 Å². The molecule has 2 rings (SSSR count). The molecular formula is C20H25F5N2O3. The van der Waals surface area contributed by atoms with Gasteiger partial charge < -0.3 is 14.5 Å². The van der Waals surface area contributed by atoms with Gasteiger partial charge >= 0.3 is 18.2 Å². The summed E-state index contributed by atoms with van der Waals surface area (Å²) in [6.07, 6.45) is -4.51. The van der Waals surface area contributed by atoms with E-state index in [1.54, 1.807) is 0 Å². The summed E-state index contributed by atoms with van der Waals surface area (Å²) in [4.78, 5) is 26.2. The van der Waals surface area contributed by atoms with Gasteiger partial charge in [-0.2, -0.15) is 13.2 Å². The summed E-state index contributed by atoms with van der Waals surface area (Å²) in [5.41, 5.74) is -0.164. The summed E-state index contributed by atoms with van der Waals surface area (Å²) < 4.78 is 72.3. The van der Waals surface area contributed by atoms with Crippen molar-refractivity contribution in [2.24, 2.45) is 0 Å². The molecule has 1 aromatic carbocycles. The summed E-state index contributed by atoms with van der Waals surface area (Å²) in [5, 5.41) is 0. The zero-order chi connectivity index (χ0) is 22.5. The van der Waals surface area contributed by atoms with E-state index in [0.717, 1.165) is 24.6 Å². The SMILES string of the molecule is CCCCOC(=O)N1CC[C@H](N(CC)C(=O)C(F)(F)F)C[C@H]1c1cc(F)ccc1F. The van der Waals surface area contributed by atoms with Crippen LogP contribution in [0.1, 0.15) is 51.1 Å². The number of alkyl halides is 3. The minimum Gasteiger partial charge on any atom is -0.449 e. The second-order valence-corrected chi connectivity index (χ2v) is 7.11. The molecule has 168 valence electrons. The molecule has 1 aliphatic heterocycles. The molecule has 30 heavy (non-hydrogen) atoms. The Morgan fingerprint density at radius 3 is 2.53 bits per heavy atom. The number of likely N-dealkylation sites (tertiary alicyclic amines) is 1. The van der Waals surface area contributed by atoms with Crippen LogP contribution in [0.25, 0.3) is 0 Å². The highest BCUT2D eigenvalue weighted by Crippen LogP contribution is 2.36. The molecule has 1 saturated heterocycles. The van der Waals surface area contributed by atoms with E-state index in [1.807, 2.05) is 6.92 Å². The normalized spacial score (nSPS) is 19.5. The maximum atomic E-state index is 14.4. The lowest BCUT2D eigenvalue weighted by Crippen LogP contribution is -2.53. The van der Waals surface area contributed by atoms with Gasteiger partial charge in [0.05, 0.1) is 12.6 Å². The average Bonchev–Trinajstić information content (AvgIpc) is 2.69. The summed E-state index contributed by atoms with van der Waals surface area (Å²) in [6.45, 7) is 3.19. The van der Waals surface area contributed by atoms with Crippen molar-refractivity contribution in [3.8, 4) is 0 Å². The number of hydrogen-bond donors (Lipinski definition) is 0. The first kappa shape index (κ1) is 23.9. The second-order valence-electron chi connectivity index (χ2n) is 7.11. The summed E-state index contributed by atoms with van der Waals surface area (Å²) >= 11 is 0. The van der Waals surface area contributed by atoms with Crippen LogP contribution in [0.3, 0.4) is 0 Å². The van der Waals surface area contributed by atoms with E-state index in [-0.39, 0.29) is 38.1 Å². The molecule has 0 aromatic heterocycles. The van der Waals surface area contributed by atoms with Gasteiger partial charge in [-0.3, -0.25) is 4.79 Å². The number of piperidine rings is 1. The molecule has 0 N–H and O–H groups in total. The van der Waals surface area contributed by atoms with Gasteiger partial charge in [0.1, 0.15) is 11.6 Å². The van der Waals surface area contributed by atoms with Crippen LogP contribution < -0.4 is 0 Å². The number of unbranched alkanes of at least 4 members (excludes halogenated alkanes) is 1. The van der Waals surface area contributed by atoms with Crippen molar-refractivity contribution in [2.75, 3.05) is 19.7 Å². The molecule has 10 heteroatoms. The molecule has 1 aliphatic rings. The predicted molar refractivity (Wildman–Crippen MR) is 98.5 cm³/mol. The molecule has 0 saturated carbocycles. The average molecular weight is 436 g/mol. The standard InChI is InChI=1S/C20H25F5N2O3/c1-3-5-10-30-19(29)27-9-8-14(26(4-2)18(28)20(23,24)25)12-17(27)15-11-13(21)6-7-16(15)22/h6-7,11,14,17H,3-5,8-10,12H2,1-2H3/t14-,17-/m0/s1. The van der Waals surface area contributed by atoms with Gasteiger partial charge in [0, 0.05) is 24.7 Å². The fourth-order valence-electron chi connectivity index (χ4n) is 3.63. The molecule has 5 nitrogen and oxygen atoms in total. The van der Waals surface area contributed by atoms with Crippen LogP contribution >= 0.6 is 0 Å². The van der Waals surface area contributed by atoms with E-state index in [1.165, 1.54) is 11.8 Å². The number of carbonyl (C=O) groups excluding carboxylic acids is 2. The predicted octanol–water partition coefficient (Wildman–Crippen LogP) is 4.82. The molecule has 0 bridgehead atoms. The minimum atomic E-state index is -5.05. The molecule has 1 heterocycles. The maximum absolute atomic E-state index is 14.4. The molecule has 2 amide bonds. The van der Waals surface area contributed by atoms with Crippen molar-refractivity contribution in [1.29, 1.82) is 0 Å². The van der Waals surface area contributed by atoms with E-state index in [9.17, 15) is 31.5 Å². The zero-order valence-electron chi connectivity index (χ0n) is 16.8. The Bertz CT molecular complexity index is 756. The Kier molecular flexibility index (Phi) is 8.03. The van der Waals surface area contributed by atoms with E-state index < -0.39 is 41.9 Å². The smallest absolute Gasteiger partial charge is 0.449 e. The maximum Gasteiger partial charge on any atom is 0.471 e.